The maximum Gasteiger partial charge on any atom is 0.290 e. The summed E-state index contributed by atoms with van der Waals surface area (Å²) >= 11 is 7.52. The van der Waals surface area contributed by atoms with Crippen LogP contribution in [0.2, 0.25) is 5.28 Å². The quantitative estimate of drug-likeness (QED) is 0.0591. The number of carbonyl (C=O) groups is 5. The van der Waals surface area contributed by atoms with E-state index in [-0.39, 0.29) is 39.4 Å². The van der Waals surface area contributed by atoms with Gasteiger partial charge in [0.2, 0.25) is 23.0 Å². The number of nitrogens with zero attached hydrogens (tertiary/aromatic N) is 7. The molecule has 21 heteroatoms. The number of benzene rings is 2. The van der Waals surface area contributed by atoms with Gasteiger partial charge in [-0.15, -0.1) is 0 Å². The number of Topliss-reactive ketones (excluding diaryl/α,β-unsaturated/α-hetero) is 1. The van der Waals surface area contributed by atoms with Gasteiger partial charge in [0.15, 0.2) is 17.2 Å². The van der Waals surface area contributed by atoms with Gasteiger partial charge in [-0.1, -0.05) is 47.2 Å². The minimum absolute atomic E-state index is 0.0120. The first-order chi connectivity index (χ1) is 31.9. The van der Waals surface area contributed by atoms with Crippen LogP contribution < -0.4 is 34.8 Å². The Balaban J connectivity index is 0.000000196. The van der Waals surface area contributed by atoms with Crippen LogP contribution in [-0.2, 0) is 23.9 Å². The summed E-state index contributed by atoms with van der Waals surface area (Å²) in [4.78, 5) is 78.0. The molecule has 4 aliphatic rings. The predicted octanol–water partition coefficient (Wildman–Crippen LogP) is 5.05. The van der Waals surface area contributed by atoms with Crippen molar-refractivity contribution in [2.75, 3.05) is 113 Å². The molecule has 0 atom stereocenters. The van der Waals surface area contributed by atoms with Crippen molar-refractivity contribution in [1.82, 2.24) is 30.6 Å². The Hall–Kier alpha value is -5.64. The number of hydrogen-bond donors (Lipinski definition) is 2. The summed E-state index contributed by atoms with van der Waals surface area (Å²) in [5.74, 6) is 1.24. The first-order valence-corrected chi connectivity index (χ1v) is 23.2. The molecule has 0 radical (unpaired) electrons. The van der Waals surface area contributed by atoms with Crippen molar-refractivity contribution in [1.29, 1.82) is 0 Å². The molecule has 0 bridgehead atoms. The molecule has 4 fully saturated rings. The van der Waals surface area contributed by atoms with Gasteiger partial charge in [0, 0.05) is 90.1 Å². The average Bonchev–Trinajstić information content (AvgIpc) is 3.87. The highest BCUT2D eigenvalue weighted by atomic mass is 35.5. The number of thioether (sulfide) groups is 2. The molecule has 2 amide bonds. The van der Waals surface area contributed by atoms with E-state index in [4.69, 9.17) is 30.5 Å². The highest BCUT2D eigenvalue weighted by molar-refractivity contribution is 8.18. The van der Waals surface area contributed by atoms with Crippen LogP contribution in [0.5, 0.6) is 11.8 Å². The van der Waals surface area contributed by atoms with E-state index in [1.165, 1.54) is 28.6 Å². The number of methoxy groups -OCH3 is 2. The summed E-state index contributed by atoms with van der Waals surface area (Å²) in [6.45, 7) is 13.4. The Kier molecular flexibility index (Phi) is 21.1. The van der Waals surface area contributed by atoms with Crippen LogP contribution in [0.25, 0.3) is 6.08 Å². The number of carbonyl (C=O) groups excluding carboxylic acids is 5. The van der Waals surface area contributed by atoms with Gasteiger partial charge in [0.25, 0.3) is 11.1 Å². The number of halogens is 1. The lowest BCUT2D eigenvalue weighted by atomic mass is 10.2. The summed E-state index contributed by atoms with van der Waals surface area (Å²) in [5.41, 5.74) is 5.83. The molecular formula is C45H54ClN9O9S2. The first kappa shape index (κ1) is 51.3. The monoisotopic (exact) mass is 963 g/mol. The van der Waals surface area contributed by atoms with E-state index in [9.17, 15) is 24.0 Å². The number of nitrogens with one attached hydrogen (secondary N) is 2. The number of rotatable bonds is 13. The van der Waals surface area contributed by atoms with Crippen LogP contribution in [0.1, 0.15) is 33.7 Å². The third kappa shape index (κ3) is 17.3. The maximum absolute atomic E-state index is 11.9. The van der Waals surface area contributed by atoms with E-state index >= 15 is 0 Å². The van der Waals surface area contributed by atoms with Crippen molar-refractivity contribution in [3.05, 3.63) is 93.4 Å². The molecule has 4 aliphatic heterocycles. The number of piperazine rings is 2. The molecule has 2 aromatic carbocycles. The van der Waals surface area contributed by atoms with Crippen molar-refractivity contribution in [2.24, 2.45) is 0 Å². The smallest absolute Gasteiger partial charge is 0.290 e. The lowest BCUT2D eigenvalue weighted by Crippen LogP contribution is -2.47. The Bertz CT molecular complexity index is 2260. The number of ketones is 1. The normalized spacial score (nSPS) is 16.4. The van der Waals surface area contributed by atoms with Gasteiger partial charge in [0.1, 0.15) is 18.9 Å². The molecule has 4 saturated heterocycles. The SMILES string of the molecule is COCCOc1cc(/C=C2\SC(=O)NC2=O)nc(N2CCN(c3ccc(C)cc3)CC2)n1.COCCOc1cc(C=O)nc(Cl)n1.Cc1ccc(N2CCNCC2)cc1.O=C1CSC(=O)C1. The minimum Gasteiger partial charge on any atom is -0.475 e. The van der Waals surface area contributed by atoms with Crippen LogP contribution in [0.4, 0.5) is 22.1 Å². The summed E-state index contributed by atoms with van der Waals surface area (Å²) < 4.78 is 20.7. The second kappa shape index (κ2) is 27.1. The highest BCUT2D eigenvalue weighted by Crippen LogP contribution is 2.27. The van der Waals surface area contributed by atoms with Crippen molar-refractivity contribution in [3.63, 3.8) is 0 Å². The van der Waals surface area contributed by atoms with Crippen LogP contribution in [0, 0.1) is 13.8 Å². The number of anilines is 3. The van der Waals surface area contributed by atoms with Crippen LogP contribution in [-0.4, -0.2) is 147 Å². The lowest BCUT2D eigenvalue weighted by molar-refractivity contribution is -0.120. The Morgan fingerprint density at radius 3 is 1.73 bits per heavy atom. The van der Waals surface area contributed by atoms with Crippen LogP contribution in [0.3, 0.4) is 0 Å². The number of aryl methyl sites for hydroxylation is 2. The van der Waals surface area contributed by atoms with E-state index in [2.05, 4.69) is 108 Å². The number of aromatic nitrogens is 4. The standard InChI is InChI=1S/C22H25N5O4S.C11H16N2.C8H9ClN2O3.C4H4O2S/c1-15-3-5-17(6-4-15)26-7-9-27(10-8-26)21-23-16(13-18-20(28)25-22(29)32-18)14-19(24-21)31-12-11-30-2;1-10-2-4-11(5-3-10)13-8-6-12-7-9-13;1-13-2-3-14-7-4-6(5-12)10-8(9)11-7;5-3-1-4(6)7-2-3/h3-6,13-14H,7-12H2,1-2H3,(H,25,28,29);2-5,12H,6-9H2,1H3;4-5H,2-3H2,1H3;1-2H2/b18-13-;;;. The Labute approximate surface area is 397 Å². The predicted molar refractivity (Wildman–Crippen MR) is 257 cm³/mol. The van der Waals surface area contributed by atoms with E-state index in [1.807, 2.05) is 0 Å². The number of imide groups is 1. The van der Waals surface area contributed by atoms with Crippen molar-refractivity contribution < 1.29 is 42.9 Å². The molecule has 0 unspecified atom stereocenters. The number of amides is 2. The number of hydrogen-bond acceptors (Lipinski definition) is 19. The molecule has 0 saturated carbocycles. The van der Waals surface area contributed by atoms with Gasteiger partial charge in [-0.05, 0) is 67.6 Å². The zero-order valence-electron chi connectivity index (χ0n) is 37.3. The molecule has 66 heavy (non-hydrogen) atoms. The van der Waals surface area contributed by atoms with Gasteiger partial charge in [-0.2, -0.15) is 9.97 Å². The minimum atomic E-state index is -0.422. The molecular weight excluding hydrogens is 910 g/mol. The lowest BCUT2D eigenvalue weighted by Gasteiger charge is -2.36. The summed E-state index contributed by atoms with van der Waals surface area (Å²) in [6, 6.07) is 20.4. The highest BCUT2D eigenvalue weighted by Gasteiger charge is 2.26. The fraction of sp³-hybridized carbons (Fsp3) is 0.400. The van der Waals surface area contributed by atoms with Crippen molar-refractivity contribution in [2.45, 2.75) is 20.3 Å². The Morgan fingerprint density at radius 2 is 1.24 bits per heavy atom. The Morgan fingerprint density at radius 1 is 0.697 bits per heavy atom. The largest absolute Gasteiger partial charge is 0.475 e. The molecule has 4 aromatic rings. The molecule has 2 N–H and O–H groups in total. The van der Waals surface area contributed by atoms with Crippen molar-refractivity contribution >= 4 is 86.9 Å². The molecule has 0 spiro atoms. The van der Waals surface area contributed by atoms with Crippen LogP contribution in [0.15, 0.2) is 65.6 Å². The van der Waals surface area contributed by atoms with Gasteiger partial charge < -0.3 is 39.0 Å². The van der Waals surface area contributed by atoms with E-state index in [0.29, 0.717) is 60.9 Å². The molecule has 6 heterocycles. The summed E-state index contributed by atoms with van der Waals surface area (Å²) in [5, 5.41) is 5.23. The topological polar surface area (TPSA) is 208 Å². The molecule has 2 aromatic heterocycles. The van der Waals surface area contributed by atoms with Crippen molar-refractivity contribution in [3.8, 4) is 11.8 Å². The molecule has 8 rings (SSSR count). The van der Waals surface area contributed by atoms with E-state index < -0.39 is 5.91 Å². The zero-order valence-corrected chi connectivity index (χ0v) is 39.7. The van der Waals surface area contributed by atoms with Crippen LogP contribution >= 0.6 is 35.1 Å². The molecule has 18 nitrogen and oxygen atoms in total. The van der Waals surface area contributed by atoms with Gasteiger partial charge >= 0.3 is 0 Å². The fourth-order valence-corrected chi connectivity index (χ4v) is 7.84. The van der Waals surface area contributed by atoms with E-state index in [1.54, 1.807) is 26.4 Å². The zero-order chi connectivity index (χ0) is 47.3. The third-order valence-corrected chi connectivity index (χ3v) is 11.6. The first-order valence-electron chi connectivity index (χ1n) is 21.1. The molecule has 352 valence electrons. The molecule has 0 aliphatic carbocycles. The van der Waals surface area contributed by atoms with Gasteiger partial charge in [-0.25, -0.2) is 9.97 Å². The fourth-order valence-electron chi connectivity index (χ4n) is 6.30. The third-order valence-electron chi connectivity index (χ3n) is 9.74. The maximum atomic E-state index is 11.9. The second-order valence-electron chi connectivity index (χ2n) is 14.7. The van der Waals surface area contributed by atoms with Gasteiger partial charge in [0.05, 0.1) is 36.0 Å². The number of ether oxygens (including phenoxy) is 4. The second-order valence-corrected chi connectivity index (χ2v) is 17.1. The van der Waals surface area contributed by atoms with E-state index in [0.717, 1.165) is 75.9 Å². The summed E-state index contributed by atoms with van der Waals surface area (Å²) in [6.07, 6.45) is 2.32. The summed E-state index contributed by atoms with van der Waals surface area (Å²) in [7, 11) is 3.16. The number of aldehydes is 1. The van der Waals surface area contributed by atoms with Gasteiger partial charge in [-0.3, -0.25) is 29.3 Å². The average molecular weight is 965 g/mol.